The number of imide groups is 1. The first-order valence-electron chi connectivity index (χ1n) is 8.58. The van der Waals surface area contributed by atoms with E-state index in [-0.39, 0.29) is 6.42 Å². The minimum Gasteiger partial charge on any atom is -0.497 e. The lowest BCUT2D eigenvalue weighted by molar-refractivity contribution is -0.138. The lowest BCUT2D eigenvalue weighted by Crippen LogP contribution is -2.48. The second-order valence-electron chi connectivity index (χ2n) is 6.44. The van der Waals surface area contributed by atoms with Gasteiger partial charge in [0.25, 0.3) is 5.91 Å². The van der Waals surface area contributed by atoms with Crippen molar-refractivity contribution in [2.45, 2.75) is 25.3 Å². The number of carbonyl (C=O) groups is 3. The molecule has 0 aliphatic carbocycles. The Morgan fingerprint density at radius 1 is 1.11 bits per heavy atom. The van der Waals surface area contributed by atoms with Gasteiger partial charge in [0.2, 0.25) is 5.91 Å². The maximum absolute atomic E-state index is 12.7. The van der Waals surface area contributed by atoms with Crippen molar-refractivity contribution >= 4 is 17.8 Å². The summed E-state index contributed by atoms with van der Waals surface area (Å²) in [5, 5.41) is 3.40. The van der Waals surface area contributed by atoms with Crippen molar-refractivity contribution in [2.75, 3.05) is 7.11 Å². The van der Waals surface area contributed by atoms with Crippen LogP contribution in [0.4, 0.5) is 4.79 Å². The van der Waals surface area contributed by atoms with Gasteiger partial charge in [-0.1, -0.05) is 42.5 Å². The minimum atomic E-state index is -1.21. The molecule has 0 bridgehead atoms. The molecule has 1 aliphatic heterocycles. The number of amides is 4. The van der Waals surface area contributed by atoms with Gasteiger partial charge in [-0.3, -0.25) is 15.0 Å². The second kappa shape index (κ2) is 7.49. The van der Waals surface area contributed by atoms with Crippen LogP contribution in [0.1, 0.15) is 24.5 Å². The lowest BCUT2D eigenvalue weighted by Gasteiger charge is -2.22. The Morgan fingerprint density at radius 2 is 1.78 bits per heavy atom. The Kier molecular flexibility index (Phi) is 5.12. The van der Waals surface area contributed by atoms with Gasteiger partial charge in [-0.25, -0.2) is 4.79 Å². The van der Waals surface area contributed by atoms with E-state index in [1.165, 1.54) is 0 Å². The summed E-state index contributed by atoms with van der Waals surface area (Å²) in [5.41, 5.74) is 2.80. The number of aryl methyl sites for hydroxylation is 1. The molecule has 1 aliphatic rings. The summed E-state index contributed by atoms with van der Waals surface area (Å²) in [5.74, 6) is -0.189. The van der Waals surface area contributed by atoms with Crippen LogP contribution in [-0.2, 0) is 21.5 Å². The average molecular weight is 367 g/mol. The number of hydrogen-bond donors (Lipinski definition) is 2. The number of rotatable bonds is 6. The molecule has 4 amide bonds. The van der Waals surface area contributed by atoms with Crippen LogP contribution in [0.3, 0.4) is 0 Å². The molecule has 7 nitrogen and oxygen atoms in total. The molecule has 2 aromatic rings. The summed E-state index contributed by atoms with van der Waals surface area (Å²) >= 11 is 0. The molecule has 1 heterocycles. The average Bonchev–Trinajstić information content (AvgIpc) is 2.91. The fraction of sp³-hybridized carbons (Fsp3) is 0.250. The van der Waals surface area contributed by atoms with Gasteiger partial charge >= 0.3 is 6.03 Å². The zero-order valence-corrected chi connectivity index (χ0v) is 15.2. The van der Waals surface area contributed by atoms with Crippen molar-refractivity contribution in [3.8, 4) is 5.75 Å². The van der Waals surface area contributed by atoms with Crippen LogP contribution in [0.15, 0.2) is 54.6 Å². The zero-order chi connectivity index (χ0) is 19.4. The quantitative estimate of drug-likeness (QED) is 0.766. The Balaban J connectivity index is 1.62. The Bertz CT molecular complexity index is 851. The third-order valence-corrected chi connectivity index (χ3v) is 4.58. The number of urea groups is 1. The molecule has 1 saturated heterocycles. The number of nitrogens with zero attached hydrogens (tertiary/aromatic N) is 1. The molecule has 1 unspecified atom stereocenters. The van der Waals surface area contributed by atoms with Gasteiger partial charge in [-0.05, 0) is 36.6 Å². The Hall–Kier alpha value is -3.35. The highest BCUT2D eigenvalue weighted by Crippen LogP contribution is 2.27. The van der Waals surface area contributed by atoms with Gasteiger partial charge in [0, 0.05) is 6.42 Å². The number of carbonyl (C=O) groups excluding carboxylic acids is 3. The predicted molar refractivity (Wildman–Crippen MR) is 98.6 cm³/mol. The molecule has 2 N–H and O–H groups in total. The zero-order valence-electron chi connectivity index (χ0n) is 15.2. The summed E-state index contributed by atoms with van der Waals surface area (Å²) in [4.78, 5) is 37.2. The number of nitrogens with one attached hydrogen (secondary N) is 2. The van der Waals surface area contributed by atoms with Crippen LogP contribution >= 0.6 is 0 Å². The van der Waals surface area contributed by atoms with Gasteiger partial charge < -0.3 is 10.1 Å². The Labute approximate surface area is 157 Å². The van der Waals surface area contributed by atoms with E-state index in [2.05, 4.69) is 10.7 Å². The summed E-state index contributed by atoms with van der Waals surface area (Å²) in [6.45, 7) is 1.62. The normalized spacial score (nSPS) is 19.0. The molecular formula is C20H21N3O4. The maximum atomic E-state index is 12.7. The van der Waals surface area contributed by atoms with E-state index in [1.54, 1.807) is 38.3 Å². The number of benzene rings is 2. The SMILES string of the molecule is COc1ccc(CCC(=O)NN2C(=O)NC(C)(c3ccccc3)C2=O)cc1. The highest BCUT2D eigenvalue weighted by molar-refractivity contribution is 6.08. The second-order valence-corrected chi connectivity index (χ2v) is 6.44. The third kappa shape index (κ3) is 3.76. The molecule has 1 fully saturated rings. The summed E-state index contributed by atoms with van der Waals surface area (Å²) in [6, 6.07) is 15.6. The van der Waals surface area contributed by atoms with Crippen molar-refractivity contribution in [1.82, 2.24) is 15.8 Å². The number of hydrazine groups is 1. The van der Waals surface area contributed by atoms with Gasteiger partial charge in [0.05, 0.1) is 7.11 Å². The van der Waals surface area contributed by atoms with Crippen LogP contribution in [0.5, 0.6) is 5.75 Å². The molecule has 1 atom stereocenters. The maximum Gasteiger partial charge on any atom is 0.344 e. The van der Waals surface area contributed by atoms with Gasteiger partial charge in [0.1, 0.15) is 11.3 Å². The molecule has 27 heavy (non-hydrogen) atoms. The van der Waals surface area contributed by atoms with Crippen LogP contribution in [0.2, 0.25) is 0 Å². The van der Waals surface area contributed by atoms with E-state index < -0.39 is 23.4 Å². The van der Waals surface area contributed by atoms with Crippen molar-refractivity contribution in [1.29, 1.82) is 0 Å². The van der Waals surface area contributed by atoms with Crippen molar-refractivity contribution in [3.05, 3.63) is 65.7 Å². The first kappa shape index (κ1) is 18.4. The Morgan fingerprint density at radius 3 is 2.41 bits per heavy atom. The monoisotopic (exact) mass is 367 g/mol. The van der Waals surface area contributed by atoms with Crippen LogP contribution < -0.4 is 15.5 Å². The van der Waals surface area contributed by atoms with Crippen LogP contribution in [0.25, 0.3) is 0 Å². The number of ether oxygens (including phenoxy) is 1. The summed E-state index contributed by atoms with van der Waals surface area (Å²) in [7, 11) is 1.59. The smallest absolute Gasteiger partial charge is 0.344 e. The summed E-state index contributed by atoms with van der Waals surface area (Å²) < 4.78 is 5.10. The number of hydrogen-bond acceptors (Lipinski definition) is 4. The van der Waals surface area contributed by atoms with Crippen molar-refractivity contribution < 1.29 is 19.1 Å². The van der Waals surface area contributed by atoms with Crippen molar-refractivity contribution in [2.24, 2.45) is 0 Å². The highest BCUT2D eigenvalue weighted by atomic mass is 16.5. The topological polar surface area (TPSA) is 87.7 Å². The fourth-order valence-electron chi connectivity index (χ4n) is 2.94. The van der Waals surface area contributed by atoms with E-state index in [0.29, 0.717) is 12.0 Å². The van der Waals surface area contributed by atoms with E-state index >= 15 is 0 Å². The first-order valence-corrected chi connectivity index (χ1v) is 8.58. The van der Waals surface area contributed by atoms with E-state index in [4.69, 9.17) is 4.74 Å². The van der Waals surface area contributed by atoms with E-state index in [1.807, 2.05) is 30.3 Å². The summed E-state index contributed by atoms with van der Waals surface area (Å²) in [6.07, 6.45) is 0.626. The molecular weight excluding hydrogens is 346 g/mol. The van der Waals surface area contributed by atoms with Gasteiger partial charge in [-0.15, -0.1) is 0 Å². The molecule has 7 heteroatoms. The fourth-order valence-corrected chi connectivity index (χ4v) is 2.94. The van der Waals surface area contributed by atoms with Gasteiger partial charge in [-0.2, -0.15) is 5.01 Å². The number of methoxy groups -OCH3 is 1. The lowest BCUT2D eigenvalue weighted by atomic mass is 9.92. The van der Waals surface area contributed by atoms with Crippen molar-refractivity contribution in [3.63, 3.8) is 0 Å². The molecule has 140 valence electrons. The first-order chi connectivity index (χ1) is 12.9. The third-order valence-electron chi connectivity index (χ3n) is 4.58. The van der Waals surface area contributed by atoms with Crippen LogP contribution in [-0.4, -0.2) is 30.0 Å². The molecule has 0 radical (unpaired) electrons. The minimum absolute atomic E-state index is 0.144. The predicted octanol–water partition coefficient (Wildman–Crippen LogP) is 2.13. The molecule has 0 spiro atoms. The van der Waals surface area contributed by atoms with E-state index in [0.717, 1.165) is 16.3 Å². The highest BCUT2D eigenvalue weighted by Gasteiger charge is 2.49. The molecule has 3 rings (SSSR count). The largest absolute Gasteiger partial charge is 0.497 e. The van der Waals surface area contributed by atoms with E-state index in [9.17, 15) is 14.4 Å². The molecule has 0 saturated carbocycles. The molecule has 0 aromatic heterocycles. The van der Waals surface area contributed by atoms with Gasteiger partial charge in [0.15, 0.2) is 0 Å². The molecule has 2 aromatic carbocycles. The standard InChI is InChI=1S/C20H21N3O4/c1-20(15-6-4-3-5-7-15)18(25)23(19(26)21-20)22-17(24)13-10-14-8-11-16(27-2)12-9-14/h3-9,11-12H,10,13H2,1-2H3,(H,21,26)(H,22,24). The van der Waals surface area contributed by atoms with Crippen LogP contribution in [0, 0.1) is 0 Å².